The summed E-state index contributed by atoms with van der Waals surface area (Å²) in [4.78, 5) is 1.05. The fraction of sp³-hybridized carbons (Fsp3) is 0.143. The molecule has 1 heterocycles. The van der Waals surface area contributed by atoms with Crippen molar-refractivity contribution in [1.29, 1.82) is 0 Å². The maximum absolute atomic E-state index is 9.55. The molecule has 0 saturated heterocycles. The summed E-state index contributed by atoms with van der Waals surface area (Å²) >= 11 is 6.49. The summed E-state index contributed by atoms with van der Waals surface area (Å²) in [7, 11) is 0. The molecule has 0 unspecified atom stereocenters. The van der Waals surface area contributed by atoms with Gasteiger partial charge in [0.25, 0.3) is 0 Å². The van der Waals surface area contributed by atoms with Gasteiger partial charge in [-0.1, -0.05) is 86.8 Å². The number of furan rings is 1. The SMILES string of the molecule is [2H]c1c([2H])c([2H])c(-c2c([2H])c([2H])c([2H])c(N(c3cc(C)cc(Cl)c3)c3c([2H])c([2H])c4oc5c([2H])c(C(C)(C)C)c([2H])c([2H])c5c4c3[2H])c2[2H])c([2H])c1[2H]. The Balaban J connectivity index is 1.84. The molecule has 0 amide bonds. The van der Waals surface area contributed by atoms with Crippen LogP contribution in [0.5, 0.6) is 0 Å². The molecule has 0 aliphatic rings. The Morgan fingerprint density at radius 2 is 1.45 bits per heavy atom. The average Bonchev–Trinajstić information content (AvgIpc) is 3.49. The Hall–Kier alpha value is -4.01. The third kappa shape index (κ3) is 4.57. The summed E-state index contributed by atoms with van der Waals surface area (Å²) in [6.07, 6.45) is 0. The van der Waals surface area contributed by atoms with Gasteiger partial charge >= 0.3 is 0 Å². The van der Waals surface area contributed by atoms with Gasteiger partial charge in [0, 0.05) is 32.9 Å². The van der Waals surface area contributed by atoms with E-state index in [1.807, 2.05) is 0 Å². The highest BCUT2D eigenvalue weighted by molar-refractivity contribution is 6.31. The van der Waals surface area contributed by atoms with Crippen LogP contribution in [0, 0.1) is 6.92 Å². The second-order valence-corrected chi connectivity index (χ2v) is 10.2. The van der Waals surface area contributed by atoms with Gasteiger partial charge in [0.05, 0.1) is 20.6 Å². The third-order valence-electron chi connectivity index (χ3n) is 5.84. The van der Waals surface area contributed by atoms with Crippen LogP contribution in [0.2, 0.25) is 5.02 Å². The van der Waals surface area contributed by atoms with Crippen LogP contribution in [0.25, 0.3) is 33.1 Å². The summed E-state index contributed by atoms with van der Waals surface area (Å²) in [5.41, 5.74) is -2.60. The minimum Gasteiger partial charge on any atom is -0.456 e. The van der Waals surface area contributed by atoms with E-state index in [2.05, 4.69) is 0 Å². The Kier molecular flexibility index (Phi) is 3.13. The molecule has 6 rings (SSSR count). The molecular formula is C35H30ClNO. The van der Waals surface area contributed by atoms with Gasteiger partial charge in [-0.15, -0.1) is 0 Å². The van der Waals surface area contributed by atoms with E-state index in [0.29, 0.717) is 5.56 Å². The Bertz CT molecular complexity index is 2540. The Morgan fingerprint density at radius 3 is 2.21 bits per heavy atom. The molecule has 188 valence electrons. The maximum atomic E-state index is 9.55. The van der Waals surface area contributed by atoms with E-state index in [1.165, 1.54) is 12.1 Å². The van der Waals surface area contributed by atoms with Gasteiger partial charge in [0.15, 0.2) is 0 Å². The van der Waals surface area contributed by atoms with Crippen LogP contribution < -0.4 is 4.90 Å². The van der Waals surface area contributed by atoms with Crippen LogP contribution in [-0.4, -0.2) is 0 Å². The number of halogens is 1. The first-order valence-electron chi connectivity index (χ1n) is 19.3. The quantitative estimate of drug-likeness (QED) is 0.225. The van der Waals surface area contributed by atoms with Gasteiger partial charge in [-0.3, -0.25) is 0 Å². The predicted molar refractivity (Wildman–Crippen MR) is 162 cm³/mol. The van der Waals surface area contributed by atoms with E-state index in [4.69, 9.17) is 32.5 Å². The van der Waals surface area contributed by atoms with Crippen molar-refractivity contribution in [3.05, 3.63) is 125 Å². The number of benzene rings is 5. The van der Waals surface area contributed by atoms with Crippen LogP contribution >= 0.6 is 11.6 Å². The summed E-state index contributed by atoms with van der Waals surface area (Å²) < 4.78 is 138. The second-order valence-electron chi connectivity index (χ2n) is 9.78. The molecule has 0 saturated carbocycles. The third-order valence-corrected chi connectivity index (χ3v) is 6.06. The maximum Gasteiger partial charge on any atom is 0.135 e. The van der Waals surface area contributed by atoms with Crippen LogP contribution in [0.4, 0.5) is 17.1 Å². The molecular weight excluding hydrogens is 486 g/mol. The molecule has 0 spiro atoms. The molecule has 2 nitrogen and oxygen atoms in total. The molecule has 38 heavy (non-hydrogen) atoms. The summed E-state index contributed by atoms with van der Waals surface area (Å²) in [6, 6.07) is -5.09. The van der Waals surface area contributed by atoms with Crippen molar-refractivity contribution in [3.8, 4) is 11.1 Å². The molecule has 0 aliphatic heterocycles. The summed E-state index contributed by atoms with van der Waals surface area (Å²) in [5.74, 6) is 0. The molecule has 0 N–H and O–H groups in total. The molecule has 0 radical (unpaired) electrons. The molecule has 0 fully saturated rings. The summed E-state index contributed by atoms with van der Waals surface area (Å²) in [6.45, 7) is 6.97. The highest BCUT2D eigenvalue weighted by Gasteiger charge is 2.19. The molecule has 5 aromatic carbocycles. The fourth-order valence-electron chi connectivity index (χ4n) is 4.03. The zero-order valence-electron chi connectivity index (χ0n) is 36.0. The predicted octanol–water partition coefficient (Wildman–Crippen LogP) is 11.0. The van der Waals surface area contributed by atoms with E-state index in [1.54, 1.807) is 33.8 Å². The highest BCUT2D eigenvalue weighted by Crippen LogP contribution is 2.41. The van der Waals surface area contributed by atoms with E-state index in [9.17, 15) is 4.11 Å². The van der Waals surface area contributed by atoms with E-state index < -0.39 is 100 Å². The van der Waals surface area contributed by atoms with Crippen molar-refractivity contribution >= 4 is 50.6 Å². The topological polar surface area (TPSA) is 16.4 Å². The van der Waals surface area contributed by atoms with Crippen LogP contribution in [0.1, 0.15) is 52.5 Å². The number of nitrogens with zero attached hydrogens (tertiary/aromatic N) is 1. The number of aryl methyl sites for hydroxylation is 1. The number of rotatable bonds is 4. The standard InChI is InChI=1S/C35H30ClNO/c1-23-17-27(36)21-30(18-23)37(28-12-8-11-25(19-28)24-9-6-5-7-10-24)29-14-16-33-32(22-29)31-15-13-26(35(2,3)4)20-34(31)38-33/h5-22H,1-4H3/i5D,6D,7D,8D,9D,10D,11D,12D,13D,14D,15D,16D,19D,20D,22D. The lowest BCUT2D eigenvalue weighted by atomic mass is 9.87. The lowest BCUT2D eigenvalue weighted by Gasteiger charge is -2.26. The molecule has 1 aromatic heterocycles. The molecule has 6 aromatic rings. The number of hydrogen-bond acceptors (Lipinski definition) is 2. The van der Waals surface area contributed by atoms with Crippen molar-refractivity contribution < 1.29 is 25.0 Å². The van der Waals surface area contributed by atoms with Crippen molar-refractivity contribution in [2.75, 3.05) is 4.90 Å². The first-order chi connectivity index (χ1) is 24.5. The molecule has 0 atom stereocenters. The van der Waals surface area contributed by atoms with Crippen molar-refractivity contribution in [1.82, 2.24) is 0 Å². The van der Waals surface area contributed by atoms with Crippen molar-refractivity contribution in [3.63, 3.8) is 0 Å². The molecule has 0 aliphatic carbocycles. The van der Waals surface area contributed by atoms with Gasteiger partial charge in [0.1, 0.15) is 11.2 Å². The normalized spacial score (nSPS) is 17.3. The van der Waals surface area contributed by atoms with E-state index in [-0.39, 0.29) is 56.3 Å². The number of hydrogen-bond donors (Lipinski definition) is 0. The van der Waals surface area contributed by atoms with Crippen LogP contribution in [0.3, 0.4) is 0 Å². The second kappa shape index (κ2) is 9.38. The first kappa shape index (κ1) is 12.7. The van der Waals surface area contributed by atoms with Gasteiger partial charge in [-0.05, 0) is 89.0 Å². The lowest BCUT2D eigenvalue weighted by molar-refractivity contribution is 0.587. The monoisotopic (exact) mass is 530 g/mol. The Morgan fingerprint density at radius 1 is 0.684 bits per heavy atom. The number of anilines is 3. The highest BCUT2D eigenvalue weighted by atomic mass is 35.5. The average molecular weight is 531 g/mol. The van der Waals surface area contributed by atoms with E-state index >= 15 is 0 Å². The van der Waals surface area contributed by atoms with E-state index in [0.717, 1.165) is 4.90 Å². The van der Waals surface area contributed by atoms with Gasteiger partial charge in [0.2, 0.25) is 0 Å². The van der Waals surface area contributed by atoms with Crippen LogP contribution in [-0.2, 0) is 5.41 Å². The van der Waals surface area contributed by atoms with Crippen molar-refractivity contribution in [2.24, 2.45) is 0 Å². The minimum absolute atomic E-state index is 0.0400. The smallest absolute Gasteiger partial charge is 0.135 e. The van der Waals surface area contributed by atoms with Gasteiger partial charge < -0.3 is 9.32 Å². The Labute approximate surface area is 250 Å². The van der Waals surface area contributed by atoms with Gasteiger partial charge in [-0.25, -0.2) is 0 Å². The lowest BCUT2D eigenvalue weighted by Crippen LogP contribution is -2.10. The van der Waals surface area contributed by atoms with Crippen molar-refractivity contribution in [2.45, 2.75) is 33.1 Å². The fourth-order valence-corrected chi connectivity index (χ4v) is 4.31. The summed E-state index contributed by atoms with van der Waals surface area (Å²) in [5, 5.41) is -0.180. The zero-order chi connectivity index (χ0) is 39.5. The molecule has 0 bridgehead atoms. The minimum atomic E-state index is -0.804. The first-order valence-corrected chi connectivity index (χ1v) is 12.1. The number of fused-ring (bicyclic) bond motifs is 3. The van der Waals surface area contributed by atoms with Gasteiger partial charge in [-0.2, -0.15) is 0 Å². The zero-order valence-corrected chi connectivity index (χ0v) is 21.7. The van der Waals surface area contributed by atoms with Crippen LogP contribution in [0.15, 0.2) is 113 Å². The molecule has 3 heteroatoms. The largest absolute Gasteiger partial charge is 0.456 e.